The second kappa shape index (κ2) is 8.72. The van der Waals surface area contributed by atoms with Gasteiger partial charge in [-0.1, -0.05) is 6.07 Å². The third kappa shape index (κ3) is 4.22. The Morgan fingerprint density at radius 1 is 0.958 bits per heavy atom. The van der Waals surface area contributed by atoms with Crippen molar-refractivity contribution in [1.29, 1.82) is 0 Å². The van der Waals surface area contributed by atoms with Gasteiger partial charge in [0.2, 0.25) is 0 Å². The summed E-state index contributed by atoms with van der Waals surface area (Å²) in [5.74, 6) is 1.41. The van der Waals surface area contributed by atoms with Crippen LogP contribution in [0, 0.1) is 27.7 Å². The minimum Gasteiger partial charge on any atom is -1.00 e. The van der Waals surface area contributed by atoms with Gasteiger partial charge in [-0.3, -0.25) is 4.79 Å². The fourth-order valence-corrected chi connectivity index (χ4v) is 3.94. The van der Waals surface area contributed by atoms with Crippen molar-refractivity contribution >= 4 is 19.4 Å². The van der Waals surface area contributed by atoms with Crippen LogP contribution in [0.3, 0.4) is 0 Å². The van der Waals surface area contributed by atoms with Gasteiger partial charge in [0.1, 0.15) is 11.5 Å². The molecule has 2 rings (SSSR count). The molecule has 0 fully saturated rings. The zero-order chi connectivity index (χ0) is 17.1. The molecule has 1 unspecified atom stereocenters. The van der Waals surface area contributed by atoms with E-state index in [0.717, 1.165) is 27.7 Å². The molecule has 0 aliphatic heterocycles. The largest absolute Gasteiger partial charge is 1.00 e. The van der Waals surface area contributed by atoms with Gasteiger partial charge >= 0.3 is 18.9 Å². The van der Waals surface area contributed by atoms with E-state index in [4.69, 9.17) is 9.47 Å². The summed E-state index contributed by atoms with van der Waals surface area (Å²) in [6, 6.07) is 7.67. The number of benzene rings is 2. The summed E-state index contributed by atoms with van der Waals surface area (Å²) in [5.41, 5.74) is 5.51. The van der Waals surface area contributed by atoms with Crippen molar-refractivity contribution in [2.75, 3.05) is 14.2 Å². The number of carbonyl (C=O) groups excluding carboxylic acids is 1. The first-order valence-corrected chi connectivity index (χ1v) is 8.49. The Bertz CT molecular complexity index is 763. The fourth-order valence-electron chi connectivity index (χ4n) is 2.72. The predicted molar refractivity (Wildman–Crippen MR) is 98.3 cm³/mol. The molecule has 0 aromatic heterocycles. The molecule has 2 aromatic rings. The Morgan fingerprint density at radius 2 is 1.62 bits per heavy atom. The topological polar surface area (TPSA) is 35.5 Å². The van der Waals surface area contributed by atoms with Crippen LogP contribution >= 0.6 is 8.58 Å². The molecule has 0 radical (unpaired) electrons. The molecule has 0 bridgehead atoms. The second-order valence-electron chi connectivity index (χ2n) is 5.66. The number of aryl methyl sites for hydroxylation is 2. The van der Waals surface area contributed by atoms with E-state index < -0.39 is 0 Å². The first-order valence-electron chi connectivity index (χ1n) is 7.49. The molecule has 1 atom stereocenters. The molecule has 2 aromatic carbocycles. The standard InChI is InChI=1S/C19H23O3P.Li.H/c1-11-9-12(2)18(14(4)13(11)3)19(20)23-17-8-7-15(21-5)10-16(17)22-6;;/h7-10,23H,1-6H3;;/q;+1;-1. The van der Waals surface area contributed by atoms with Crippen molar-refractivity contribution in [3.05, 3.63) is 52.1 Å². The molecule has 124 valence electrons. The number of hydrogen-bond donors (Lipinski definition) is 0. The van der Waals surface area contributed by atoms with Crippen molar-refractivity contribution in [2.24, 2.45) is 0 Å². The molecule has 24 heavy (non-hydrogen) atoms. The average molecular weight is 338 g/mol. The van der Waals surface area contributed by atoms with Crippen LogP contribution in [0.5, 0.6) is 11.5 Å². The maximum absolute atomic E-state index is 12.9. The molecule has 0 aliphatic rings. The number of methoxy groups -OCH3 is 2. The summed E-state index contributed by atoms with van der Waals surface area (Å²) in [6.07, 6.45) is 0. The third-order valence-corrected chi connectivity index (χ3v) is 5.40. The zero-order valence-corrected chi connectivity index (χ0v) is 16.5. The van der Waals surface area contributed by atoms with Gasteiger partial charge in [-0.25, -0.2) is 0 Å². The van der Waals surface area contributed by atoms with Gasteiger partial charge in [-0.15, -0.1) is 0 Å². The van der Waals surface area contributed by atoms with E-state index in [0.29, 0.717) is 5.75 Å². The minimum atomic E-state index is 0. The predicted octanol–water partition coefficient (Wildman–Crippen LogP) is 1.20. The van der Waals surface area contributed by atoms with Crippen LogP contribution in [0.15, 0.2) is 24.3 Å². The second-order valence-corrected chi connectivity index (χ2v) is 6.90. The average Bonchev–Trinajstić information content (AvgIpc) is 2.53. The molecule has 0 heterocycles. The molecular weight excluding hydrogens is 314 g/mol. The smallest absolute Gasteiger partial charge is 1.00 e. The molecule has 0 N–H and O–H groups in total. The first kappa shape index (κ1) is 20.8. The minimum absolute atomic E-state index is 0. The Hall–Kier alpha value is -1.26. The van der Waals surface area contributed by atoms with E-state index in [-0.39, 0.29) is 34.4 Å². The Kier molecular flexibility index (Phi) is 7.55. The van der Waals surface area contributed by atoms with Crippen molar-refractivity contribution in [1.82, 2.24) is 0 Å². The summed E-state index contributed by atoms with van der Waals surface area (Å²) >= 11 is 0. The van der Waals surface area contributed by atoms with E-state index in [1.54, 1.807) is 14.2 Å². The number of carbonyl (C=O) groups is 1. The summed E-state index contributed by atoms with van der Waals surface area (Å²) in [4.78, 5) is 12.9. The van der Waals surface area contributed by atoms with Crippen molar-refractivity contribution in [3.8, 4) is 11.5 Å². The van der Waals surface area contributed by atoms with E-state index in [2.05, 4.69) is 19.9 Å². The van der Waals surface area contributed by atoms with Gasteiger partial charge in [0.15, 0.2) is 5.52 Å². The summed E-state index contributed by atoms with van der Waals surface area (Å²) in [5, 5.41) is 0.898. The fraction of sp³-hybridized carbons (Fsp3) is 0.316. The normalized spacial score (nSPS) is 10.6. The molecule has 3 nitrogen and oxygen atoms in total. The molecule has 0 saturated heterocycles. The van der Waals surface area contributed by atoms with Crippen molar-refractivity contribution in [2.45, 2.75) is 27.7 Å². The summed E-state index contributed by atoms with van der Waals surface area (Å²) in [6.45, 7) is 8.18. The van der Waals surface area contributed by atoms with Crippen LogP contribution in [-0.4, -0.2) is 19.7 Å². The number of ether oxygens (including phenoxy) is 2. The quantitative estimate of drug-likeness (QED) is 0.607. The van der Waals surface area contributed by atoms with E-state index in [1.807, 2.05) is 32.0 Å². The van der Waals surface area contributed by atoms with E-state index in [9.17, 15) is 4.79 Å². The van der Waals surface area contributed by atoms with Gasteiger partial charge < -0.3 is 10.9 Å². The number of rotatable bonds is 5. The monoisotopic (exact) mass is 338 g/mol. The van der Waals surface area contributed by atoms with Crippen LogP contribution in [0.4, 0.5) is 0 Å². The maximum atomic E-state index is 12.9. The van der Waals surface area contributed by atoms with Crippen LogP contribution in [0.25, 0.3) is 0 Å². The van der Waals surface area contributed by atoms with Gasteiger partial charge in [-0.2, -0.15) is 0 Å². The molecular formula is C19H24LiO3P. The van der Waals surface area contributed by atoms with Crippen LogP contribution in [0.2, 0.25) is 0 Å². The van der Waals surface area contributed by atoms with Crippen LogP contribution in [0.1, 0.15) is 34.0 Å². The maximum Gasteiger partial charge on any atom is 1.00 e. The first-order chi connectivity index (χ1) is 10.9. The molecule has 0 aliphatic carbocycles. The van der Waals surface area contributed by atoms with Gasteiger partial charge in [0, 0.05) is 16.9 Å². The van der Waals surface area contributed by atoms with Gasteiger partial charge in [0.05, 0.1) is 14.2 Å². The van der Waals surface area contributed by atoms with E-state index in [1.165, 1.54) is 11.1 Å². The SMILES string of the molecule is COc1ccc(PC(=O)c2c(C)cc(C)c(C)c2C)c(OC)c1.[H-].[Li+]. The Balaban J connectivity index is 0.00000288. The molecule has 0 spiro atoms. The molecule has 0 saturated carbocycles. The van der Waals surface area contributed by atoms with E-state index >= 15 is 0 Å². The van der Waals surface area contributed by atoms with Crippen molar-refractivity contribution in [3.63, 3.8) is 0 Å². The third-order valence-electron chi connectivity index (χ3n) is 4.24. The Labute approximate surface area is 159 Å². The Morgan fingerprint density at radius 3 is 2.21 bits per heavy atom. The van der Waals surface area contributed by atoms with Gasteiger partial charge in [0.25, 0.3) is 0 Å². The molecule has 5 heteroatoms. The van der Waals surface area contributed by atoms with Crippen LogP contribution < -0.4 is 33.6 Å². The summed E-state index contributed by atoms with van der Waals surface area (Å²) in [7, 11) is 3.25. The number of hydrogen-bond acceptors (Lipinski definition) is 3. The van der Waals surface area contributed by atoms with Crippen molar-refractivity contribution < 1.29 is 34.6 Å². The zero-order valence-electron chi connectivity index (χ0n) is 16.5. The molecule has 0 amide bonds. The van der Waals surface area contributed by atoms with Gasteiger partial charge in [-0.05, 0) is 70.7 Å². The van der Waals surface area contributed by atoms with Crippen LogP contribution in [-0.2, 0) is 0 Å². The summed E-state index contributed by atoms with van der Waals surface area (Å²) < 4.78 is 10.6.